The number of carboxylic acids is 1. The number of unbranched alkanes of at least 4 members (excludes halogenated alkanes) is 1. The third-order valence-electron chi connectivity index (χ3n) is 2.17. The molecule has 1 rings (SSSR count). The highest BCUT2D eigenvalue weighted by molar-refractivity contribution is 5.93. The van der Waals surface area contributed by atoms with Crippen LogP contribution in [0.1, 0.15) is 29.6 Å². The molecular formula is C11H14N2O4. The third-order valence-corrected chi connectivity index (χ3v) is 2.17. The Hall–Kier alpha value is -2.11. The van der Waals surface area contributed by atoms with Gasteiger partial charge >= 0.3 is 5.97 Å². The van der Waals surface area contributed by atoms with Crippen molar-refractivity contribution < 1.29 is 14.7 Å². The first-order valence-electron chi connectivity index (χ1n) is 5.29. The number of aromatic nitrogens is 1. The monoisotopic (exact) mass is 238 g/mol. The summed E-state index contributed by atoms with van der Waals surface area (Å²) in [6.07, 6.45) is 2.61. The van der Waals surface area contributed by atoms with Crippen LogP contribution in [0.25, 0.3) is 0 Å². The summed E-state index contributed by atoms with van der Waals surface area (Å²) in [6.45, 7) is 0.362. The Kier molecular flexibility index (Phi) is 4.93. The van der Waals surface area contributed by atoms with Crippen LogP contribution in [0.3, 0.4) is 0 Å². The number of carboxylic acid groups (broad SMARTS) is 1. The maximum absolute atomic E-state index is 11.5. The van der Waals surface area contributed by atoms with Crippen molar-refractivity contribution >= 4 is 11.9 Å². The van der Waals surface area contributed by atoms with E-state index in [0.717, 1.165) is 0 Å². The number of aromatic amines is 1. The smallest absolute Gasteiger partial charge is 0.303 e. The van der Waals surface area contributed by atoms with Gasteiger partial charge in [-0.2, -0.15) is 0 Å². The van der Waals surface area contributed by atoms with Crippen molar-refractivity contribution in [3.05, 3.63) is 34.2 Å². The second-order valence-electron chi connectivity index (χ2n) is 3.52. The summed E-state index contributed by atoms with van der Waals surface area (Å²) in [6, 6.07) is 3.01. The first kappa shape index (κ1) is 13.0. The molecule has 17 heavy (non-hydrogen) atoms. The summed E-state index contributed by atoms with van der Waals surface area (Å²) in [7, 11) is 0. The summed E-state index contributed by atoms with van der Waals surface area (Å²) in [5.74, 6) is -1.29. The highest BCUT2D eigenvalue weighted by Gasteiger charge is 2.08. The number of hydrogen-bond acceptors (Lipinski definition) is 3. The Morgan fingerprint density at radius 1 is 1.35 bits per heavy atom. The number of aliphatic carboxylic acids is 1. The fourth-order valence-corrected chi connectivity index (χ4v) is 1.30. The molecule has 1 heterocycles. The standard InChI is InChI=1S/C11H14N2O4/c14-9(15)5-1-2-6-12-10(16)8-4-3-7-13-11(8)17/h3-4,7H,1-2,5-6H2,(H,12,16)(H,13,17)(H,14,15). The molecule has 0 bridgehead atoms. The van der Waals surface area contributed by atoms with Gasteiger partial charge in [0.15, 0.2) is 0 Å². The molecule has 0 radical (unpaired) electrons. The van der Waals surface area contributed by atoms with Crippen LogP contribution in [0.2, 0.25) is 0 Å². The topological polar surface area (TPSA) is 99.3 Å². The average Bonchev–Trinajstić information content (AvgIpc) is 2.28. The molecule has 3 N–H and O–H groups in total. The minimum Gasteiger partial charge on any atom is -0.481 e. The van der Waals surface area contributed by atoms with Crippen molar-refractivity contribution in [1.82, 2.24) is 10.3 Å². The van der Waals surface area contributed by atoms with Crippen LogP contribution in [-0.2, 0) is 4.79 Å². The molecule has 6 heteroatoms. The number of pyridine rings is 1. The molecule has 0 spiro atoms. The lowest BCUT2D eigenvalue weighted by Gasteiger charge is -2.03. The molecule has 0 unspecified atom stereocenters. The van der Waals surface area contributed by atoms with Crippen molar-refractivity contribution in [2.75, 3.05) is 6.54 Å². The van der Waals surface area contributed by atoms with Gasteiger partial charge in [0.1, 0.15) is 5.56 Å². The van der Waals surface area contributed by atoms with E-state index in [0.29, 0.717) is 19.4 Å². The van der Waals surface area contributed by atoms with Gasteiger partial charge in [-0.3, -0.25) is 14.4 Å². The molecule has 0 saturated carbocycles. The van der Waals surface area contributed by atoms with Crippen molar-refractivity contribution in [1.29, 1.82) is 0 Å². The summed E-state index contributed by atoms with van der Waals surface area (Å²) >= 11 is 0. The van der Waals surface area contributed by atoms with Gasteiger partial charge in [0, 0.05) is 19.2 Å². The van der Waals surface area contributed by atoms with Crippen LogP contribution in [-0.4, -0.2) is 28.5 Å². The SMILES string of the molecule is O=C(O)CCCCNC(=O)c1ccc[nH]c1=O. The summed E-state index contributed by atoms with van der Waals surface area (Å²) < 4.78 is 0. The van der Waals surface area contributed by atoms with Gasteiger partial charge in [-0.25, -0.2) is 0 Å². The molecule has 0 aliphatic rings. The van der Waals surface area contributed by atoms with Crippen LogP contribution in [0.5, 0.6) is 0 Å². The zero-order chi connectivity index (χ0) is 12.7. The van der Waals surface area contributed by atoms with Crippen LogP contribution in [0.15, 0.2) is 23.1 Å². The molecule has 0 aliphatic heterocycles. The average molecular weight is 238 g/mol. The normalized spacial score (nSPS) is 9.88. The number of rotatable bonds is 6. The Labute approximate surface area is 97.7 Å². The van der Waals surface area contributed by atoms with Gasteiger partial charge in [0.25, 0.3) is 11.5 Å². The van der Waals surface area contributed by atoms with Crippen molar-refractivity contribution in [3.8, 4) is 0 Å². The number of amides is 1. The van der Waals surface area contributed by atoms with Gasteiger partial charge in [0.2, 0.25) is 0 Å². The van der Waals surface area contributed by atoms with Gasteiger partial charge in [-0.1, -0.05) is 0 Å². The first-order valence-corrected chi connectivity index (χ1v) is 5.29. The Balaban J connectivity index is 2.33. The minimum absolute atomic E-state index is 0.0609. The lowest BCUT2D eigenvalue weighted by molar-refractivity contribution is -0.137. The van der Waals surface area contributed by atoms with E-state index in [1.165, 1.54) is 12.3 Å². The number of hydrogen-bond donors (Lipinski definition) is 3. The largest absolute Gasteiger partial charge is 0.481 e. The molecule has 0 saturated heterocycles. The van der Waals surface area contributed by atoms with Gasteiger partial charge in [-0.15, -0.1) is 0 Å². The molecule has 92 valence electrons. The Bertz CT molecular complexity index is 453. The highest BCUT2D eigenvalue weighted by Crippen LogP contribution is 1.94. The maximum atomic E-state index is 11.5. The van der Waals surface area contributed by atoms with E-state index in [-0.39, 0.29) is 12.0 Å². The Morgan fingerprint density at radius 3 is 2.76 bits per heavy atom. The van der Waals surface area contributed by atoms with E-state index in [4.69, 9.17) is 5.11 Å². The molecule has 1 aromatic rings. The molecule has 0 atom stereocenters. The zero-order valence-corrected chi connectivity index (χ0v) is 9.23. The number of carbonyl (C=O) groups is 2. The molecule has 6 nitrogen and oxygen atoms in total. The van der Waals surface area contributed by atoms with Crippen LogP contribution in [0.4, 0.5) is 0 Å². The van der Waals surface area contributed by atoms with E-state index in [1.54, 1.807) is 6.07 Å². The van der Waals surface area contributed by atoms with Crippen molar-refractivity contribution in [2.45, 2.75) is 19.3 Å². The second-order valence-corrected chi connectivity index (χ2v) is 3.52. The van der Waals surface area contributed by atoms with Crippen LogP contribution < -0.4 is 10.9 Å². The minimum atomic E-state index is -0.851. The summed E-state index contributed by atoms with van der Waals surface area (Å²) in [5.41, 5.74) is -0.374. The van der Waals surface area contributed by atoms with Gasteiger partial charge < -0.3 is 15.4 Å². The molecule has 0 fully saturated rings. The molecule has 1 aromatic heterocycles. The van der Waals surface area contributed by atoms with Crippen LogP contribution >= 0.6 is 0 Å². The fraction of sp³-hybridized carbons (Fsp3) is 0.364. The molecular weight excluding hydrogens is 224 g/mol. The van der Waals surface area contributed by atoms with E-state index >= 15 is 0 Å². The van der Waals surface area contributed by atoms with E-state index < -0.39 is 17.4 Å². The van der Waals surface area contributed by atoms with Crippen molar-refractivity contribution in [3.63, 3.8) is 0 Å². The van der Waals surface area contributed by atoms with E-state index in [9.17, 15) is 14.4 Å². The van der Waals surface area contributed by atoms with Crippen LogP contribution in [0, 0.1) is 0 Å². The summed E-state index contributed by atoms with van der Waals surface area (Å²) in [4.78, 5) is 35.4. The van der Waals surface area contributed by atoms with E-state index in [1.807, 2.05) is 0 Å². The Morgan fingerprint density at radius 2 is 2.12 bits per heavy atom. The number of nitrogens with one attached hydrogen (secondary N) is 2. The number of carbonyl (C=O) groups excluding carboxylic acids is 1. The summed E-state index contributed by atoms with van der Waals surface area (Å²) in [5, 5.41) is 11.0. The predicted molar refractivity (Wildman–Crippen MR) is 60.9 cm³/mol. The third kappa shape index (κ3) is 4.50. The molecule has 1 amide bonds. The predicted octanol–water partition coefficient (Wildman–Crippen LogP) is 0.360. The number of H-pyrrole nitrogens is 1. The van der Waals surface area contributed by atoms with E-state index in [2.05, 4.69) is 10.3 Å². The zero-order valence-electron chi connectivity index (χ0n) is 9.23. The van der Waals surface area contributed by atoms with Gasteiger partial charge in [-0.05, 0) is 25.0 Å². The maximum Gasteiger partial charge on any atom is 0.303 e. The molecule has 0 aliphatic carbocycles. The fourth-order valence-electron chi connectivity index (χ4n) is 1.30. The van der Waals surface area contributed by atoms with Crippen molar-refractivity contribution in [2.24, 2.45) is 0 Å². The lowest BCUT2D eigenvalue weighted by atomic mass is 10.2. The molecule has 0 aromatic carbocycles. The second kappa shape index (κ2) is 6.47. The van der Waals surface area contributed by atoms with Gasteiger partial charge in [0.05, 0.1) is 0 Å². The highest BCUT2D eigenvalue weighted by atomic mass is 16.4. The lowest BCUT2D eigenvalue weighted by Crippen LogP contribution is -2.30. The first-order chi connectivity index (χ1) is 8.11. The quantitative estimate of drug-likeness (QED) is 0.623.